The molecule has 0 radical (unpaired) electrons. The number of aliphatic hydroxyl groups is 1. The summed E-state index contributed by atoms with van der Waals surface area (Å²) in [6, 6.07) is 0. The second-order valence-corrected chi connectivity index (χ2v) is 5.06. The molecule has 1 fully saturated rings. The maximum Gasteiger partial charge on any atom is 0.0635 e. The minimum atomic E-state index is -0.186. The van der Waals surface area contributed by atoms with Gasteiger partial charge in [0.1, 0.15) is 0 Å². The number of aliphatic hydroxyl groups excluding tert-OH is 1. The topological polar surface area (TPSA) is 38.0 Å². The van der Waals surface area contributed by atoms with Crippen LogP contribution in [0.3, 0.4) is 0 Å². The highest BCUT2D eigenvalue weighted by atomic mass is 79.9. The Kier molecular flexibility index (Phi) is 3.46. The van der Waals surface area contributed by atoms with E-state index >= 15 is 0 Å². The molecule has 0 saturated heterocycles. The Morgan fingerprint density at radius 1 is 1.60 bits per heavy atom. The van der Waals surface area contributed by atoms with Crippen LogP contribution in [0.4, 0.5) is 0 Å². The molecule has 0 aromatic carbocycles. The summed E-state index contributed by atoms with van der Waals surface area (Å²) in [4.78, 5) is 0. The van der Waals surface area contributed by atoms with Gasteiger partial charge in [0.05, 0.1) is 22.5 Å². The molecule has 2 atom stereocenters. The molecule has 1 aliphatic carbocycles. The van der Waals surface area contributed by atoms with E-state index in [1.165, 1.54) is 5.69 Å². The summed E-state index contributed by atoms with van der Waals surface area (Å²) < 4.78 is 3.07. The van der Waals surface area contributed by atoms with Crippen LogP contribution >= 0.6 is 15.9 Å². The Labute approximate surface area is 98.6 Å². The standard InChI is InChI=1S/C11H17BrN2O/c1-2-6-14-11(9(12)7-13-14)8-4-3-5-10(8)15/h7-8,10,15H,2-6H2,1H3. The first-order valence-electron chi connectivity index (χ1n) is 5.63. The fraction of sp³-hybridized carbons (Fsp3) is 0.727. The van der Waals surface area contributed by atoms with E-state index in [1.54, 1.807) is 0 Å². The van der Waals surface area contributed by atoms with Crippen molar-refractivity contribution in [2.24, 2.45) is 0 Å². The maximum atomic E-state index is 9.92. The Balaban J connectivity index is 2.28. The van der Waals surface area contributed by atoms with Gasteiger partial charge in [0.2, 0.25) is 0 Å². The van der Waals surface area contributed by atoms with E-state index in [4.69, 9.17) is 0 Å². The van der Waals surface area contributed by atoms with Crippen LogP contribution < -0.4 is 0 Å². The van der Waals surface area contributed by atoms with Crippen molar-refractivity contribution in [1.29, 1.82) is 0 Å². The molecule has 1 aromatic rings. The zero-order chi connectivity index (χ0) is 10.8. The van der Waals surface area contributed by atoms with Crippen LogP contribution in [0.1, 0.15) is 44.2 Å². The van der Waals surface area contributed by atoms with Crippen molar-refractivity contribution < 1.29 is 5.11 Å². The molecular weight excluding hydrogens is 256 g/mol. The quantitative estimate of drug-likeness (QED) is 0.919. The Morgan fingerprint density at radius 2 is 2.40 bits per heavy atom. The van der Waals surface area contributed by atoms with Gasteiger partial charge >= 0.3 is 0 Å². The summed E-state index contributed by atoms with van der Waals surface area (Å²) in [5.41, 5.74) is 1.18. The molecular formula is C11H17BrN2O. The first kappa shape index (κ1) is 11.1. The molecule has 0 aliphatic heterocycles. The molecule has 3 nitrogen and oxygen atoms in total. The highest BCUT2D eigenvalue weighted by Crippen LogP contribution is 2.37. The second kappa shape index (κ2) is 4.66. The Hall–Kier alpha value is -0.350. The smallest absolute Gasteiger partial charge is 0.0635 e. The number of aromatic nitrogens is 2. The molecule has 1 aromatic heterocycles. The SMILES string of the molecule is CCCn1ncc(Br)c1C1CCCC1O. The van der Waals surface area contributed by atoms with Gasteiger partial charge in [-0.15, -0.1) is 0 Å². The van der Waals surface area contributed by atoms with Crippen LogP contribution in [-0.2, 0) is 6.54 Å². The third-order valence-electron chi connectivity index (χ3n) is 3.10. The van der Waals surface area contributed by atoms with Crippen LogP contribution in [0.25, 0.3) is 0 Å². The van der Waals surface area contributed by atoms with E-state index in [2.05, 4.69) is 28.0 Å². The summed E-state index contributed by atoms with van der Waals surface area (Å²) >= 11 is 3.53. The summed E-state index contributed by atoms with van der Waals surface area (Å²) in [6.07, 6.45) is 5.85. The molecule has 2 unspecified atom stereocenters. The lowest BCUT2D eigenvalue weighted by Gasteiger charge is -2.17. The number of hydrogen-bond donors (Lipinski definition) is 1. The Morgan fingerprint density at radius 3 is 3.00 bits per heavy atom. The van der Waals surface area contributed by atoms with E-state index in [1.807, 2.05) is 10.9 Å². The molecule has 2 rings (SSSR count). The van der Waals surface area contributed by atoms with E-state index in [0.717, 1.165) is 36.7 Å². The lowest BCUT2D eigenvalue weighted by atomic mass is 10.0. The molecule has 1 heterocycles. The van der Waals surface area contributed by atoms with Crippen LogP contribution in [0, 0.1) is 0 Å². The van der Waals surface area contributed by atoms with Crippen LogP contribution in [0.15, 0.2) is 10.7 Å². The van der Waals surface area contributed by atoms with Gasteiger partial charge in [-0.2, -0.15) is 5.10 Å². The third-order valence-corrected chi connectivity index (χ3v) is 3.71. The molecule has 1 N–H and O–H groups in total. The van der Waals surface area contributed by atoms with Crippen molar-refractivity contribution in [2.75, 3.05) is 0 Å². The van der Waals surface area contributed by atoms with Crippen LogP contribution in [0.5, 0.6) is 0 Å². The molecule has 4 heteroatoms. The van der Waals surface area contributed by atoms with Gasteiger partial charge in [-0.3, -0.25) is 4.68 Å². The molecule has 0 amide bonds. The molecule has 1 saturated carbocycles. The monoisotopic (exact) mass is 272 g/mol. The van der Waals surface area contributed by atoms with Crippen molar-refractivity contribution in [2.45, 2.75) is 51.2 Å². The molecule has 15 heavy (non-hydrogen) atoms. The van der Waals surface area contributed by atoms with Gasteiger partial charge in [-0.1, -0.05) is 13.3 Å². The van der Waals surface area contributed by atoms with Crippen molar-refractivity contribution >= 4 is 15.9 Å². The number of aryl methyl sites for hydroxylation is 1. The van der Waals surface area contributed by atoms with Gasteiger partial charge < -0.3 is 5.11 Å². The highest BCUT2D eigenvalue weighted by molar-refractivity contribution is 9.10. The normalized spacial score (nSPS) is 26.1. The van der Waals surface area contributed by atoms with E-state index in [-0.39, 0.29) is 12.0 Å². The van der Waals surface area contributed by atoms with Crippen molar-refractivity contribution in [3.63, 3.8) is 0 Å². The van der Waals surface area contributed by atoms with Crippen molar-refractivity contribution in [3.05, 3.63) is 16.4 Å². The highest BCUT2D eigenvalue weighted by Gasteiger charge is 2.30. The van der Waals surface area contributed by atoms with Gasteiger partial charge in [0.25, 0.3) is 0 Å². The summed E-state index contributed by atoms with van der Waals surface area (Å²) in [6.45, 7) is 3.08. The Bertz CT molecular complexity index is 337. The number of halogens is 1. The second-order valence-electron chi connectivity index (χ2n) is 4.21. The molecule has 1 aliphatic rings. The van der Waals surface area contributed by atoms with Crippen molar-refractivity contribution in [3.8, 4) is 0 Å². The van der Waals surface area contributed by atoms with Gasteiger partial charge in [0.15, 0.2) is 0 Å². The molecule has 0 bridgehead atoms. The largest absolute Gasteiger partial charge is 0.392 e. The fourth-order valence-corrected chi connectivity index (χ4v) is 2.98. The zero-order valence-corrected chi connectivity index (χ0v) is 10.6. The predicted molar refractivity (Wildman–Crippen MR) is 62.8 cm³/mol. The van der Waals surface area contributed by atoms with Crippen LogP contribution in [-0.4, -0.2) is 21.0 Å². The summed E-state index contributed by atoms with van der Waals surface area (Å²) in [5.74, 6) is 0.272. The lowest BCUT2D eigenvalue weighted by molar-refractivity contribution is 0.160. The molecule has 0 spiro atoms. The van der Waals surface area contributed by atoms with Gasteiger partial charge in [0, 0.05) is 12.5 Å². The lowest BCUT2D eigenvalue weighted by Crippen LogP contribution is -2.16. The van der Waals surface area contributed by atoms with E-state index in [0.29, 0.717) is 0 Å². The summed E-state index contributed by atoms with van der Waals surface area (Å²) in [5, 5.41) is 14.3. The van der Waals surface area contributed by atoms with E-state index < -0.39 is 0 Å². The van der Waals surface area contributed by atoms with Crippen molar-refractivity contribution in [1.82, 2.24) is 9.78 Å². The number of nitrogens with zero attached hydrogens (tertiary/aromatic N) is 2. The first-order valence-corrected chi connectivity index (χ1v) is 6.42. The fourth-order valence-electron chi connectivity index (χ4n) is 2.39. The minimum absolute atomic E-state index is 0.186. The van der Waals surface area contributed by atoms with E-state index in [9.17, 15) is 5.11 Å². The van der Waals surface area contributed by atoms with Gasteiger partial charge in [-0.05, 0) is 35.2 Å². The number of hydrogen-bond acceptors (Lipinski definition) is 2. The minimum Gasteiger partial charge on any atom is -0.392 e. The van der Waals surface area contributed by atoms with Crippen LogP contribution in [0.2, 0.25) is 0 Å². The zero-order valence-electron chi connectivity index (χ0n) is 8.99. The molecule has 84 valence electrons. The first-order chi connectivity index (χ1) is 7.24. The third kappa shape index (κ3) is 2.11. The number of rotatable bonds is 3. The average molecular weight is 273 g/mol. The maximum absolute atomic E-state index is 9.92. The van der Waals surface area contributed by atoms with Gasteiger partial charge in [-0.25, -0.2) is 0 Å². The average Bonchev–Trinajstić information content (AvgIpc) is 2.75. The summed E-state index contributed by atoms with van der Waals surface area (Å²) in [7, 11) is 0. The predicted octanol–water partition coefficient (Wildman–Crippen LogP) is 2.68.